The van der Waals surface area contributed by atoms with Crippen molar-refractivity contribution in [1.82, 2.24) is 24.7 Å². The lowest BCUT2D eigenvalue weighted by atomic mass is 10.4. The molecule has 4 rings (SSSR count). The van der Waals surface area contributed by atoms with E-state index in [2.05, 4.69) is 38.0 Å². The highest BCUT2D eigenvalue weighted by Gasteiger charge is 2.10. The Balaban J connectivity index is 1.55. The van der Waals surface area contributed by atoms with Gasteiger partial charge in [0.1, 0.15) is 16.4 Å². The molecule has 4 aromatic rings. The van der Waals surface area contributed by atoms with Crippen LogP contribution < -0.4 is 0 Å². The van der Waals surface area contributed by atoms with Crippen LogP contribution in [0.25, 0.3) is 20.9 Å². The summed E-state index contributed by atoms with van der Waals surface area (Å²) in [6, 6.07) is 4.15. The number of aromatic nitrogens is 5. The molecule has 0 fully saturated rings. The second kappa shape index (κ2) is 5.79. The van der Waals surface area contributed by atoms with E-state index in [4.69, 9.17) is 4.98 Å². The zero-order valence-electron chi connectivity index (χ0n) is 11.6. The van der Waals surface area contributed by atoms with E-state index in [1.165, 1.54) is 4.88 Å². The van der Waals surface area contributed by atoms with Gasteiger partial charge in [-0.1, -0.05) is 17.8 Å². The summed E-state index contributed by atoms with van der Waals surface area (Å²) in [4.78, 5) is 14.5. The molecule has 0 radical (unpaired) electrons. The van der Waals surface area contributed by atoms with Gasteiger partial charge in [-0.15, -0.1) is 22.7 Å². The monoisotopic (exact) mass is 345 g/mol. The van der Waals surface area contributed by atoms with Crippen LogP contribution in [0.1, 0.15) is 5.69 Å². The molecule has 4 heterocycles. The minimum absolute atomic E-state index is 0.795. The quantitative estimate of drug-likeness (QED) is 0.415. The fraction of sp³-hybridized carbons (Fsp3) is 0.143. The zero-order valence-corrected chi connectivity index (χ0v) is 14.1. The maximum absolute atomic E-state index is 4.70. The molecule has 0 N–H and O–H groups in total. The van der Waals surface area contributed by atoms with E-state index in [1.54, 1.807) is 45.4 Å². The Morgan fingerprint density at radius 1 is 1.27 bits per heavy atom. The number of nitrogens with zero attached hydrogens (tertiary/aromatic N) is 5. The van der Waals surface area contributed by atoms with Crippen molar-refractivity contribution in [2.75, 3.05) is 0 Å². The summed E-state index contributed by atoms with van der Waals surface area (Å²) in [6.45, 7) is 0. The molecule has 0 aliphatic carbocycles. The van der Waals surface area contributed by atoms with E-state index in [1.807, 2.05) is 13.2 Å². The van der Waals surface area contributed by atoms with Gasteiger partial charge in [0.2, 0.25) is 0 Å². The highest BCUT2D eigenvalue weighted by Crippen LogP contribution is 2.31. The van der Waals surface area contributed by atoms with Gasteiger partial charge in [-0.2, -0.15) is 5.10 Å². The maximum Gasteiger partial charge on any atom is 0.162 e. The number of rotatable bonds is 4. The predicted molar refractivity (Wildman–Crippen MR) is 91.3 cm³/mol. The molecule has 0 unspecified atom stereocenters. The first-order valence-corrected chi connectivity index (χ1v) is 9.29. The normalized spacial score (nSPS) is 11.3. The minimum atomic E-state index is 0.795. The molecular weight excluding hydrogens is 334 g/mol. The van der Waals surface area contributed by atoms with Gasteiger partial charge in [0, 0.05) is 18.2 Å². The smallest absolute Gasteiger partial charge is 0.162 e. The maximum atomic E-state index is 4.70. The Morgan fingerprint density at radius 2 is 2.23 bits per heavy atom. The lowest BCUT2D eigenvalue weighted by molar-refractivity contribution is 0.784. The third-order valence-electron chi connectivity index (χ3n) is 3.13. The van der Waals surface area contributed by atoms with Gasteiger partial charge in [-0.25, -0.2) is 15.0 Å². The highest BCUT2D eigenvalue weighted by atomic mass is 32.2. The van der Waals surface area contributed by atoms with Gasteiger partial charge < -0.3 is 0 Å². The summed E-state index contributed by atoms with van der Waals surface area (Å²) >= 11 is 5.07. The van der Waals surface area contributed by atoms with Crippen LogP contribution in [0.15, 0.2) is 40.4 Å². The van der Waals surface area contributed by atoms with Crippen LogP contribution in [-0.4, -0.2) is 24.7 Å². The molecule has 22 heavy (non-hydrogen) atoms. The molecule has 0 saturated carbocycles. The average molecular weight is 345 g/mol. The minimum Gasteiger partial charge on any atom is -0.250 e. The second-order valence-electron chi connectivity index (χ2n) is 4.59. The SMILES string of the molecule is Cn1ncc2c(SCc3csc(-c4cccs4)n3)ncnc21. The van der Waals surface area contributed by atoms with Crippen molar-refractivity contribution in [3.8, 4) is 9.88 Å². The fourth-order valence-corrected chi connectivity index (χ4v) is 4.68. The van der Waals surface area contributed by atoms with E-state index in [0.717, 1.165) is 32.5 Å². The van der Waals surface area contributed by atoms with Crippen LogP contribution in [0.4, 0.5) is 0 Å². The summed E-state index contributed by atoms with van der Waals surface area (Å²) < 4.78 is 1.76. The molecule has 0 aromatic carbocycles. The summed E-state index contributed by atoms with van der Waals surface area (Å²) in [6.07, 6.45) is 3.40. The number of thioether (sulfide) groups is 1. The standard InChI is InChI=1S/C14H11N5S3/c1-19-12-10(5-17-19)13(16-8-15-12)21-6-9-7-22-14(18-9)11-3-2-4-20-11/h2-5,7-8H,6H2,1H3. The average Bonchev–Trinajstić information content (AvgIpc) is 3.26. The molecule has 0 amide bonds. The number of thiophene rings is 1. The van der Waals surface area contributed by atoms with E-state index < -0.39 is 0 Å². The molecule has 8 heteroatoms. The van der Waals surface area contributed by atoms with Crippen LogP contribution >= 0.6 is 34.4 Å². The fourth-order valence-electron chi connectivity index (χ4n) is 2.08. The first-order valence-electron chi connectivity index (χ1n) is 6.55. The van der Waals surface area contributed by atoms with Crippen molar-refractivity contribution in [3.63, 3.8) is 0 Å². The Labute approximate surface area is 139 Å². The van der Waals surface area contributed by atoms with E-state index in [-0.39, 0.29) is 0 Å². The van der Waals surface area contributed by atoms with E-state index >= 15 is 0 Å². The Morgan fingerprint density at radius 3 is 3.09 bits per heavy atom. The third kappa shape index (κ3) is 2.53. The van der Waals surface area contributed by atoms with Gasteiger partial charge in [0.15, 0.2) is 5.65 Å². The number of fused-ring (bicyclic) bond motifs is 1. The Kier molecular flexibility index (Phi) is 3.65. The summed E-state index contributed by atoms with van der Waals surface area (Å²) in [5.41, 5.74) is 1.93. The molecule has 5 nitrogen and oxygen atoms in total. The number of thiazole rings is 1. The Bertz CT molecular complexity index is 910. The van der Waals surface area contributed by atoms with Crippen molar-refractivity contribution in [2.24, 2.45) is 7.05 Å². The van der Waals surface area contributed by atoms with E-state index in [9.17, 15) is 0 Å². The molecular formula is C14H11N5S3. The molecule has 110 valence electrons. The first-order chi connectivity index (χ1) is 10.8. The van der Waals surface area contributed by atoms with Gasteiger partial charge in [0.25, 0.3) is 0 Å². The van der Waals surface area contributed by atoms with Gasteiger partial charge in [-0.3, -0.25) is 4.68 Å². The lowest BCUT2D eigenvalue weighted by Gasteiger charge is -2.00. The zero-order chi connectivity index (χ0) is 14.9. The number of hydrogen-bond donors (Lipinski definition) is 0. The van der Waals surface area contributed by atoms with Crippen LogP contribution in [0.5, 0.6) is 0 Å². The van der Waals surface area contributed by atoms with Crippen molar-refractivity contribution in [2.45, 2.75) is 10.8 Å². The number of hydrogen-bond acceptors (Lipinski definition) is 7. The summed E-state index contributed by atoms with van der Waals surface area (Å²) in [7, 11) is 1.89. The van der Waals surface area contributed by atoms with Crippen molar-refractivity contribution >= 4 is 45.5 Å². The summed E-state index contributed by atoms with van der Waals surface area (Å²) in [5.74, 6) is 0.795. The first kappa shape index (κ1) is 13.9. The second-order valence-corrected chi connectivity index (χ2v) is 7.36. The highest BCUT2D eigenvalue weighted by molar-refractivity contribution is 7.98. The van der Waals surface area contributed by atoms with Crippen molar-refractivity contribution in [3.05, 3.63) is 41.1 Å². The molecule has 0 saturated heterocycles. The molecule has 4 aromatic heterocycles. The number of aryl methyl sites for hydroxylation is 1. The van der Waals surface area contributed by atoms with Gasteiger partial charge in [-0.05, 0) is 11.4 Å². The molecule has 0 aliphatic heterocycles. The summed E-state index contributed by atoms with van der Waals surface area (Å²) in [5, 5.41) is 11.4. The molecule has 0 bridgehead atoms. The van der Waals surface area contributed by atoms with Crippen molar-refractivity contribution < 1.29 is 0 Å². The van der Waals surface area contributed by atoms with Crippen molar-refractivity contribution in [1.29, 1.82) is 0 Å². The van der Waals surface area contributed by atoms with Crippen LogP contribution in [0.2, 0.25) is 0 Å². The lowest BCUT2D eigenvalue weighted by Crippen LogP contribution is -1.93. The third-order valence-corrected chi connectivity index (χ3v) is 6.10. The van der Waals surface area contributed by atoms with E-state index in [0.29, 0.717) is 0 Å². The topological polar surface area (TPSA) is 56.5 Å². The van der Waals surface area contributed by atoms with Crippen LogP contribution in [0.3, 0.4) is 0 Å². The van der Waals surface area contributed by atoms with Crippen LogP contribution in [0, 0.1) is 0 Å². The largest absolute Gasteiger partial charge is 0.250 e. The molecule has 0 atom stereocenters. The van der Waals surface area contributed by atoms with Gasteiger partial charge in [0.05, 0.1) is 22.2 Å². The van der Waals surface area contributed by atoms with Gasteiger partial charge >= 0.3 is 0 Å². The molecule has 0 aliphatic rings. The Hall–Kier alpha value is -1.77. The molecule has 0 spiro atoms. The van der Waals surface area contributed by atoms with Crippen LogP contribution in [-0.2, 0) is 12.8 Å². The predicted octanol–water partition coefficient (Wildman–Crippen LogP) is 3.84.